The van der Waals surface area contributed by atoms with Crippen LogP contribution in [0, 0.1) is 0 Å². The van der Waals surface area contributed by atoms with Crippen LogP contribution in [-0.2, 0) is 6.42 Å². The second-order valence-corrected chi connectivity index (χ2v) is 5.42. The first kappa shape index (κ1) is 16.4. The lowest BCUT2D eigenvalue weighted by Gasteiger charge is -2.10. The molecule has 3 nitrogen and oxygen atoms in total. The number of nitrogens with one attached hydrogen (secondary N) is 1. The summed E-state index contributed by atoms with van der Waals surface area (Å²) in [5.41, 5.74) is 1.16. The molecule has 0 spiro atoms. The fourth-order valence-corrected chi connectivity index (χ4v) is 2.38. The first-order valence-corrected chi connectivity index (χ1v) is 7.92. The maximum Gasteiger partial charge on any atom is 0.238 e. The Morgan fingerprint density at radius 3 is 2.67 bits per heavy atom. The van der Waals surface area contributed by atoms with Crippen LogP contribution >= 0.6 is 11.6 Å². The van der Waals surface area contributed by atoms with Crippen molar-refractivity contribution in [1.82, 2.24) is 9.97 Å². The third-order valence-corrected chi connectivity index (χ3v) is 3.82. The zero-order chi connectivity index (χ0) is 16.5. The van der Waals surface area contributed by atoms with Gasteiger partial charge in [0.25, 0.3) is 0 Å². The third kappa shape index (κ3) is 6.55. The normalized spacial score (nSPS) is 14.6. The van der Waals surface area contributed by atoms with E-state index >= 15 is 0 Å². The van der Waals surface area contributed by atoms with Crippen molar-refractivity contribution in [3.8, 4) is 0 Å². The summed E-state index contributed by atoms with van der Waals surface area (Å²) in [6, 6.07) is 0.0584. The van der Waals surface area contributed by atoms with Crippen LogP contribution in [-0.4, -0.2) is 22.4 Å². The Kier molecular flexibility index (Phi) is 7.71. The summed E-state index contributed by atoms with van der Waals surface area (Å²) in [5.74, 6) is 0. The fourth-order valence-electron chi connectivity index (χ4n) is 2.10. The van der Waals surface area contributed by atoms with Crippen molar-refractivity contribution in [1.29, 1.82) is 0 Å². The SMILES string of the molecule is [2H]c1nc(=NC(CC)CCCCCC(F)F)c(Cl)c(CC)[nH]1. The molecule has 1 unspecified atom stereocenters. The van der Waals surface area contributed by atoms with E-state index in [1.54, 1.807) is 0 Å². The van der Waals surface area contributed by atoms with Gasteiger partial charge in [-0.05, 0) is 25.7 Å². The summed E-state index contributed by atoms with van der Waals surface area (Å²) in [6.07, 6.45) is 2.34. The highest BCUT2D eigenvalue weighted by atomic mass is 35.5. The quantitative estimate of drug-likeness (QED) is 0.668. The second-order valence-electron chi connectivity index (χ2n) is 5.04. The molecular weight excluding hydrogens is 296 g/mol. The summed E-state index contributed by atoms with van der Waals surface area (Å²) >= 11 is 6.25. The Hall–Kier alpha value is -0.970. The lowest BCUT2D eigenvalue weighted by atomic mass is 10.1. The number of rotatable bonds is 9. The Bertz CT molecular complexity index is 520. The number of aromatic nitrogens is 2. The number of alkyl halides is 2. The molecule has 6 heteroatoms. The van der Waals surface area contributed by atoms with Gasteiger partial charge in [-0.2, -0.15) is 0 Å². The molecular formula is C15H24ClF2N3. The van der Waals surface area contributed by atoms with Crippen LogP contribution in [0.25, 0.3) is 0 Å². The van der Waals surface area contributed by atoms with Crippen LogP contribution < -0.4 is 5.49 Å². The zero-order valence-electron chi connectivity index (χ0n) is 13.6. The van der Waals surface area contributed by atoms with Crippen molar-refractivity contribution >= 4 is 11.6 Å². The van der Waals surface area contributed by atoms with E-state index in [1.165, 1.54) is 0 Å². The molecule has 1 atom stereocenters. The molecule has 1 rings (SSSR count). The summed E-state index contributed by atoms with van der Waals surface area (Å²) in [6.45, 7) is 3.97. The van der Waals surface area contributed by atoms with Crippen molar-refractivity contribution in [2.75, 3.05) is 0 Å². The van der Waals surface area contributed by atoms with Crippen molar-refractivity contribution in [2.45, 2.75) is 71.3 Å². The summed E-state index contributed by atoms with van der Waals surface area (Å²) in [4.78, 5) is 11.4. The molecule has 0 aliphatic rings. The first-order valence-electron chi connectivity index (χ1n) is 8.05. The fraction of sp³-hybridized carbons (Fsp3) is 0.733. The molecule has 0 saturated heterocycles. The van der Waals surface area contributed by atoms with Gasteiger partial charge in [0.15, 0.2) is 5.49 Å². The van der Waals surface area contributed by atoms with Crippen LogP contribution in [0.2, 0.25) is 5.02 Å². The molecule has 0 aromatic carbocycles. The molecule has 0 radical (unpaired) electrons. The number of H-pyrrole nitrogens is 1. The van der Waals surface area contributed by atoms with E-state index in [1.807, 2.05) is 13.8 Å². The molecule has 1 heterocycles. The van der Waals surface area contributed by atoms with Crippen molar-refractivity contribution in [3.05, 3.63) is 22.5 Å². The minimum Gasteiger partial charge on any atom is -0.348 e. The van der Waals surface area contributed by atoms with Gasteiger partial charge in [-0.25, -0.2) is 13.8 Å². The van der Waals surface area contributed by atoms with Gasteiger partial charge in [-0.15, -0.1) is 0 Å². The Morgan fingerprint density at radius 2 is 2.05 bits per heavy atom. The minimum atomic E-state index is -2.21. The van der Waals surface area contributed by atoms with E-state index in [4.69, 9.17) is 13.0 Å². The van der Waals surface area contributed by atoms with Crippen molar-refractivity contribution in [2.24, 2.45) is 4.99 Å². The number of unbranched alkanes of at least 4 members (excludes halogenated alkanes) is 2. The number of hydrogen-bond donors (Lipinski definition) is 1. The summed E-state index contributed by atoms with van der Waals surface area (Å²) in [5, 5.41) is 0.467. The van der Waals surface area contributed by atoms with Gasteiger partial charge >= 0.3 is 0 Å². The topological polar surface area (TPSA) is 41.0 Å². The number of nitrogens with zero attached hydrogens (tertiary/aromatic N) is 2. The molecule has 0 aliphatic carbocycles. The molecule has 0 amide bonds. The predicted molar refractivity (Wildman–Crippen MR) is 81.7 cm³/mol. The molecule has 0 fully saturated rings. The first-order chi connectivity index (χ1) is 10.5. The molecule has 21 heavy (non-hydrogen) atoms. The van der Waals surface area contributed by atoms with Crippen molar-refractivity contribution in [3.63, 3.8) is 0 Å². The average Bonchev–Trinajstić information content (AvgIpc) is 2.48. The van der Waals surface area contributed by atoms with E-state index in [-0.39, 0.29) is 18.8 Å². The van der Waals surface area contributed by atoms with E-state index < -0.39 is 6.43 Å². The molecule has 1 aromatic heterocycles. The minimum absolute atomic E-state index is 0.0299. The number of hydrogen-bond acceptors (Lipinski definition) is 2. The van der Waals surface area contributed by atoms with Crippen LogP contribution in [0.15, 0.2) is 11.3 Å². The van der Waals surface area contributed by atoms with Crippen LogP contribution in [0.1, 0.15) is 59.4 Å². The summed E-state index contributed by atoms with van der Waals surface area (Å²) < 4.78 is 31.8. The summed E-state index contributed by atoms with van der Waals surface area (Å²) in [7, 11) is 0. The Balaban J connectivity index is 2.70. The number of aryl methyl sites for hydroxylation is 1. The average molecular weight is 321 g/mol. The molecule has 1 N–H and O–H groups in total. The highest BCUT2D eigenvalue weighted by Gasteiger charge is 2.08. The van der Waals surface area contributed by atoms with Crippen LogP contribution in [0.5, 0.6) is 0 Å². The van der Waals surface area contributed by atoms with Gasteiger partial charge in [0.2, 0.25) is 6.43 Å². The van der Waals surface area contributed by atoms with Gasteiger partial charge in [0.1, 0.15) is 6.39 Å². The van der Waals surface area contributed by atoms with Gasteiger partial charge in [0.05, 0.1) is 12.3 Å². The lowest BCUT2D eigenvalue weighted by Crippen LogP contribution is -2.17. The second kappa shape index (κ2) is 9.87. The number of halogens is 3. The maximum atomic E-state index is 12.1. The third-order valence-electron chi connectivity index (χ3n) is 3.42. The molecule has 0 saturated carbocycles. The predicted octanol–water partition coefficient (Wildman–Crippen LogP) is 4.52. The molecule has 0 aliphatic heterocycles. The van der Waals surface area contributed by atoms with E-state index in [0.717, 1.165) is 31.4 Å². The smallest absolute Gasteiger partial charge is 0.238 e. The molecule has 0 bridgehead atoms. The van der Waals surface area contributed by atoms with Crippen molar-refractivity contribution < 1.29 is 10.2 Å². The van der Waals surface area contributed by atoms with Gasteiger partial charge in [0, 0.05) is 12.1 Å². The zero-order valence-corrected chi connectivity index (χ0v) is 13.4. The standard InChI is InChI=1S/C15H24ClF2N3/c1-3-11(8-6-5-7-9-13(17)18)21-15-14(16)12(4-2)19-10-20-15/h10-11,13H,3-9H2,1-2H3,(H,19,20,21)/i10D. The van der Waals surface area contributed by atoms with Gasteiger partial charge in [-0.3, -0.25) is 4.99 Å². The Morgan fingerprint density at radius 1 is 1.33 bits per heavy atom. The largest absolute Gasteiger partial charge is 0.348 e. The van der Waals surface area contributed by atoms with Crippen LogP contribution in [0.4, 0.5) is 8.78 Å². The van der Waals surface area contributed by atoms with Gasteiger partial charge in [-0.1, -0.05) is 38.3 Å². The highest BCUT2D eigenvalue weighted by Crippen LogP contribution is 2.14. The molecule has 1 aromatic rings. The van der Waals surface area contributed by atoms with E-state index in [0.29, 0.717) is 23.4 Å². The van der Waals surface area contributed by atoms with Gasteiger partial charge < -0.3 is 4.98 Å². The van der Waals surface area contributed by atoms with Crippen LogP contribution in [0.3, 0.4) is 0 Å². The molecule has 120 valence electrons. The number of aromatic amines is 1. The maximum absolute atomic E-state index is 12.1. The lowest BCUT2D eigenvalue weighted by molar-refractivity contribution is 0.133. The monoisotopic (exact) mass is 320 g/mol. The Labute approximate surface area is 131 Å². The van der Waals surface area contributed by atoms with E-state index in [2.05, 4.69) is 15.0 Å². The van der Waals surface area contributed by atoms with E-state index in [9.17, 15) is 8.78 Å². The highest BCUT2D eigenvalue weighted by molar-refractivity contribution is 6.30.